The second-order valence-corrected chi connectivity index (χ2v) is 8.33. The smallest absolute Gasteiger partial charge is 0.306 e. The third kappa shape index (κ3) is 4.03. The van der Waals surface area contributed by atoms with Crippen LogP contribution in [0.3, 0.4) is 0 Å². The number of rotatable bonds is 5. The van der Waals surface area contributed by atoms with Crippen LogP contribution in [-0.4, -0.2) is 36.9 Å². The summed E-state index contributed by atoms with van der Waals surface area (Å²) in [5, 5.41) is 8.94. The predicted octanol–water partition coefficient (Wildman–Crippen LogP) is 1.75. The van der Waals surface area contributed by atoms with Gasteiger partial charge in [-0.2, -0.15) is 17.4 Å². The monoisotopic (exact) mass is 332 g/mol. The summed E-state index contributed by atoms with van der Waals surface area (Å²) in [5.41, 5.74) is 0. The van der Waals surface area contributed by atoms with Crippen molar-refractivity contribution >= 4 is 27.5 Å². The molecule has 0 bridgehead atoms. The van der Waals surface area contributed by atoms with Crippen molar-refractivity contribution in [1.82, 2.24) is 9.03 Å². The molecule has 1 atom stereocenters. The predicted molar refractivity (Wildman–Crippen MR) is 81.5 cm³/mol. The van der Waals surface area contributed by atoms with Gasteiger partial charge in [-0.3, -0.25) is 4.79 Å². The maximum Gasteiger partial charge on any atom is 0.306 e. The first-order chi connectivity index (χ1) is 9.79. The van der Waals surface area contributed by atoms with Crippen LogP contribution in [0, 0.1) is 12.8 Å². The molecule has 0 aromatic carbocycles. The van der Waals surface area contributed by atoms with E-state index in [1.54, 1.807) is 11.3 Å². The highest BCUT2D eigenvalue weighted by Crippen LogP contribution is 2.25. The SMILES string of the molecule is Cc1ccc(C(C)NS(=O)(=O)N2CCC(C(=O)O)CC2)s1. The number of thiophene rings is 1. The molecule has 21 heavy (non-hydrogen) atoms. The maximum absolute atomic E-state index is 12.3. The fraction of sp³-hybridized carbons (Fsp3) is 0.615. The summed E-state index contributed by atoms with van der Waals surface area (Å²) in [6, 6.07) is 3.60. The number of aryl methyl sites for hydroxylation is 1. The van der Waals surface area contributed by atoms with Crippen LogP contribution in [0.5, 0.6) is 0 Å². The lowest BCUT2D eigenvalue weighted by Gasteiger charge is -2.30. The standard InChI is InChI=1S/C13H20N2O4S2/c1-9-3-4-12(20-9)10(2)14-21(18,19)15-7-5-11(6-8-15)13(16)17/h3-4,10-11,14H,5-8H2,1-2H3,(H,16,17). The molecule has 0 amide bonds. The van der Waals surface area contributed by atoms with Gasteiger partial charge in [-0.15, -0.1) is 11.3 Å². The van der Waals surface area contributed by atoms with E-state index in [1.807, 2.05) is 26.0 Å². The number of aliphatic carboxylic acids is 1. The average Bonchev–Trinajstić information content (AvgIpc) is 2.85. The van der Waals surface area contributed by atoms with Gasteiger partial charge in [0.05, 0.1) is 12.0 Å². The number of hydrogen-bond acceptors (Lipinski definition) is 4. The van der Waals surface area contributed by atoms with Crippen LogP contribution in [0.15, 0.2) is 12.1 Å². The molecule has 1 aliphatic heterocycles. The minimum atomic E-state index is -3.57. The van der Waals surface area contributed by atoms with Crippen LogP contribution in [-0.2, 0) is 15.0 Å². The Morgan fingerprint density at radius 3 is 2.52 bits per heavy atom. The molecule has 8 heteroatoms. The molecule has 1 saturated heterocycles. The molecule has 2 rings (SSSR count). The summed E-state index contributed by atoms with van der Waals surface area (Å²) in [7, 11) is -3.57. The Kier molecular flexibility index (Phi) is 5.03. The zero-order chi connectivity index (χ0) is 15.6. The van der Waals surface area contributed by atoms with Crippen molar-refractivity contribution in [3.05, 3.63) is 21.9 Å². The van der Waals surface area contributed by atoms with Gasteiger partial charge in [-0.05, 0) is 38.8 Å². The number of carbonyl (C=O) groups is 1. The zero-order valence-electron chi connectivity index (χ0n) is 12.1. The number of nitrogens with one attached hydrogen (secondary N) is 1. The maximum atomic E-state index is 12.3. The molecule has 0 aliphatic carbocycles. The van der Waals surface area contributed by atoms with Crippen LogP contribution >= 0.6 is 11.3 Å². The zero-order valence-corrected chi connectivity index (χ0v) is 13.7. The summed E-state index contributed by atoms with van der Waals surface area (Å²) in [6.07, 6.45) is 0.728. The van der Waals surface area contributed by atoms with E-state index >= 15 is 0 Å². The van der Waals surface area contributed by atoms with Crippen molar-refractivity contribution in [1.29, 1.82) is 0 Å². The fourth-order valence-corrected chi connectivity index (χ4v) is 4.75. The molecule has 0 saturated carbocycles. The van der Waals surface area contributed by atoms with Crippen LogP contribution in [0.2, 0.25) is 0 Å². The number of nitrogens with zero attached hydrogens (tertiary/aromatic N) is 1. The molecule has 0 spiro atoms. The lowest BCUT2D eigenvalue weighted by Crippen LogP contribution is -2.46. The lowest BCUT2D eigenvalue weighted by molar-refractivity contribution is -0.142. The van der Waals surface area contributed by atoms with Gasteiger partial charge in [0, 0.05) is 22.8 Å². The van der Waals surface area contributed by atoms with Gasteiger partial charge in [-0.1, -0.05) is 0 Å². The second kappa shape index (κ2) is 6.43. The van der Waals surface area contributed by atoms with Crippen molar-refractivity contribution in [3.8, 4) is 0 Å². The first-order valence-corrected chi connectivity index (χ1v) is 9.12. The highest BCUT2D eigenvalue weighted by Gasteiger charge is 2.31. The summed E-state index contributed by atoms with van der Waals surface area (Å²) in [5.74, 6) is -1.28. The Hall–Kier alpha value is -0.960. The Bertz CT molecular complexity index is 603. The minimum absolute atomic E-state index is 0.252. The number of carboxylic acids is 1. The van der Waals surface area contributed by atoms with Crippen LogP contribution < -0.4 is 4.72 Å². The number of hydrogen-bond donors (Lipinski definition) is 2. The van der Waals surface area contributed by atoms with Crippen molar-refractivity contribution in [3.63, 3.8) is 0 Å². The van der Waals surface area contributed by atoms with Crippen LogP contribution in [0.25, 0.3) is 0 Å². The molecule has 1 fully saturated rings. The fourth-order valence-electron chi connectivity index (χ4n) is 2.39. The van der Waals surface area contributed by atoms with E-state index in [2.05, 4.69) is 4.72 Å². The first kappa shape index (κ1) is 16.4. The molecule has 1 aromatic heterocycles. The summed E-state index contributed by atoms with van der Waals surface area (Å²) < 4.78 is 28.6. The molecule has 118 valence electrons. The summed E-state index contributed by atoms with van der Waals surface area (Å²) in [6.45, 7) is 4.30. The average molecular weight is 332 g/mol. The van der Waals surface area contributed by atoms with Crippen molar-refractivity contribution in [2.75, 3.05) is 13.1 Å². The van der Waals surface area contributed by atoms with Crippen molar-refractivity contribution in [2.24, 2.45) is 5.92 Å². The van der Waals surface area contributed by atoms with Gasteiger partial charge in [-0.25, -0.2) is 0 Å². The van der Waals surface area contributed by atoms with Gasteiger partial charge in [0.1, 0.15) is 0 Å². The van der Waals surface area contributed by atoms with E-state index in [4.69, 9.17) is 5.11 Å². The largest absolute Gasteiger partial charge is 0.481 e. The van der Waals surface area contributed by atoms with Crippen molar-refractivity contribution in [2.45, 2.75) is 32.7 Å². The van der Waals surface area contributed by atoms with E-state index < -0.39 is 22.1 Å². The third-order valence-corrected chi connectivity index (χ3v) is 6.54. The lowest BCUT2D eigenvalue weighted by atomic mass is 9.99. The van der Waals surface area contributed by atoms with Gasteiger partial charge < -0.3 is 5.11 Å². The number of piperidine rings is 1. The van der Waals surface area contributed by atoms with Gasteiger partial charge in [0.15, 0.2) is 0 Å². The van der Waals surface area contributed by atoms with Gasteiger partial charge in [0.25, 0.3) is 10.2 Å². The molecule has 0 radical (unpaired) electrons. The molecular formula is C13H20N2O4S2. The van der Waals surface area contributed by atoms with Crippen LogP contribution in [0.4, 0.5) is 0 Å². The molecule has 2 heterocycles. The quantitative estimate of drug-likeness (QED) is 0.860. The first-order valence-electron chi connectivity index (χ1n) is 6.86. The number of carboxylic acid groups (broad SMARTS) is 1. The Balaban J connectivity index is 1.98. The molecule has 1 unspecified atom stereocenters. The van der Waals surface area contributed by atoms with E-state index in [-0.39, 0.29) is 19.1 Å². The topological polar surface area (TPSA) is 86.7 Å². The minimum Gasteiger partial charge on any atom is -0.481 e. The van der Waals surface area contributed by atoms with Crippen LogP contribution in [0.1, 0.15) is 35.6 Å². The van der Waals surface area contributed by atoms with E-state index in [1.165, 1.54) is 4.31 Å². The molecule has 2 N–H and O–H groups in total. The van der Waals surface area contributed by atoms with E-state index in [9.17, 15) is 13.2 Å². The third-order valence-electron chi connectivity index (χ3n) is 3.66. The van der Waals surface area contributed by atoms with Gasteiger partial charge in [0.2, 0.25) is 0 Å². The van der Waals surface area contributed by atoms with E-state index in [0.29, 0.717) is 12.8 Å². The second-order valence-electron chi connectivity index (χ2n) is 5.30. The summed E-state index contributed by atoms with van der Waals surface area (Å²) >= 11 is 1.56. The normalized spacial score (nSPS) is 19.5. The molecular weight excluding hydrogens is 312 g/mol. The molecule has 1 aliphatic rings. The Morgan fingerprint density at radius 2 is 2.05 bits per heavy atom. The van der Waals surface area contributed by atoms with Crippen molar-refractivity contribution < 1.29 is 18.3 Å². The highest BCUT2D eigenvalue weighted by molar-refractivity contribution is 7.87. The Labute approximate surface area is 129 Å². The Morgan fingerprint density at radius 1 is 1.43 bits per heavy atom. The van der Waals surface area contributed by atoms with E-state index in [0.717, 1.165) is 9.75 Å². The molecule has 1 aromatic rings. The molecule has 6 nitrogen and oxygen atoms in total. The van der Waals surface area contributed by atoms with Gasteiger partial charge >= 0.3 is 5.97 Å². The highest BCUT2D eigenvalue weighted by atomic mass is 32.2. The summed E-state index contributed by atoms with van der Waals surface area (Å²) in [4.78, 5) is 13.0.